The van der Waals surface area contributed by atoms with E-state index in [2.05, 4.69) is 24.5 Å². The van der Waals surface area contributed by atoms with E-state index in [4.69, 9.17) is 0 Å². The summed E-state index contributed by atoms with van der Waals surface area (Å²) in [6.07, 6.45) is 6.36. The van der Waals surface area contributed by atoms with E-state index < -0.39 is 0 Å². The predicted octanol–water partition coefficient (Wildman–Crippen LogP) is 2.09. The van der Waals surface area contributed by atoms with Crippen LogP contribution in [0.1, 0.15) is 52.4 Å². The molecular weight excluding hydrogens is 252 g/mol. The van der Waals surface area contributed by atoms with Crippen molar-refractivity contribution < 1.29 is 9.59 Å². The summed E-state index contributed by atoms with van der Waals surface area (Å²) in [5, 5.41) is 6.02. The minimum atomic E-state index is -0.0918. The first-order valence-corrected chi connectivity index (χ1v) is 8.24. The highest BCUT2D eigenvalue weighted by molar-refractivity contribution is 5.88. The summed E-state index contributed by atoms with van der Waals surface area (Å²) in [6, 6.07) is 0. The summed E-state index contributed by atoms with van der Waals surface area (Å²) in [5.74, 6) is 0.857. The van der Waals surface area contributed by atoms with Crippen LogP contribution in [-0.2, 0) is 9.59 Å². The van der Waals surface area contributed by atoms with Crippen molar-refractivity contribution in [1.29, 1.82) is 0 Å². The number of carbonyl (C=O) groups excluding carboxylic acids is 2. The van der Waals surface area contributed by atoms with Gasteiger partial charge in [0.25, 0.3) is 0 Å². The molecule has 3 fully saturated rings. The molecule has 0 radical (unpaired) electrons. The highest BCUT2D eigenvalue weighted by Crippen LogP contribution is 2.49. The molecule has 3 aliphatic rings. The van der Waals surface area contributed by atoms with Gasteiger partial charge in [-0.1, -0.05) is 13.8 Å². The lowest BCUT2D eigenvalue weighted by Crippen LogP contribution is -2.53. The van der Waals surface area contributed by atoms with E-state index in [0.29, 0.717) is 11.8 Å². The number of amides is 2. The largest absolute Gasteiger partial charge is 0.356 e. The number of hydrogen-bond acceptors (Lipinski definition) is 2. The molecule has 3 rings (SSSR count). The maximum atomic E-state index is 12.4. The molecule has 0 aliphatic heterocycles. The zero-order valence-electron chi connectivity index (χ0n) is 12.8. The number of fused-ring (bicyclic) bond motifs is 3. The SMILES string of the molecule is CCCNC(=O)[C@@H]1C2CCC(CC2)[C@H]1C(=O)NCCC. The molecule has 0 aromatic rings. The second-order valence-corrected chi connectivity index (χ2v) is 6.31. The molecule has 0 aromatic heterocycles. The van der Waals surface area contributed by atoms with Crippen molar-refractivity contribution in [3.05, 3.63) is 0 Å². The van der Waals surface area contributed by atoms with Gasteiger partial charge in [0.15, 0.2) is 0 Å². The first kappa shape index (κ1) is 15.3. The molecule has 3 aliphatic carbocycles. The Morgan fingerprint density at radius 2 is 1.15 bits per heavy atom. The Morgan fingerprint density at radius 3 is 1.45 bits per heavy atom. The van der Waals surface area contributed by atoms with Crippen LogP contribution in [0.2, 0.25) is 0 Å². The van der Waals surface area contributed by atoms with Gasteiger partial charge in [0.1, 0.15) is 0 Å². The van der Waals surface area contributed by atoms with Gasteiger partial charge in [-0.15, -0.1) is 0 Å². The van der Waals surface area contributed by atoms with Crippen LogP contribution in [0.5, 0.6) is 0 Å². The molecule has 4 heteroatoms. The highest BCUT2D eigenvalue weighted by Gasteiger charge is 2.49. The van der Waals surface area contributed by atoms with Crippen LogP contribution in [0.25, 0.3) is 0 Å². The van der Waals surface area contributed by atoms with Crippen LogP contribution in [0.4, 0.5) is 0 Å². The van der Waals surface area contributed by atoms with E-state index in [1.807, 2.05) is 0 Å². The number of carbonyl (C=O) groups is 2. The predicted molar refractivity (Wildman–Crippen MR) is 79.0 cm³/mol. The third-order valence-corrected chi connectivity index (χ3v) is 4.92. The smallest absolute Gasteiger partial charge is 0.224 e. The van der Waals surface area contributed by atoms with E-state index in [1.165, 1.54) is 0 Å². The number of hydrogen-bond donors (Lipinski definition) is 2. The lowest BCUT2D eigenvalue weighted by Gasteiger charge is -2.46. The Morgan fingerprint density at radius 1 is 0.800 bits per heavy atom. The molecular formula is C16H28N2O2. The first-order chi connectivity index (χ1) is 9.69. The maximum absolute atomic E-state index is 12.4. The summed E-state index contributed by atoms with van der Waals surface area (Å²) < 4.78 is 0. The Labute approximate surface area is 122 Å². The van der Waals surface area contributed by atoms with Gasteiger partial charge in [-0.3, -0.25) is 9.59 Å². The van der Waals surface area contributed by atoms with Gasteiger partial charge in [-0.2, -0.15) is 0 Å². The van der Waals surface area contributed by atoms with Gasteiger partial charge < -0.3 is 10.6 Å². The molecule has 4 nitrogen and oxygen atoms in total. The van der Waals surface area contributed by atoms with Crippen LogP contribution >= 0.6 is 0 Å². The molecule has 0 unspecified atom stereocenters. The summed E-state index contributed by atoms with van der Waals surface area (Å²) in [5.41, 5.74) is 0. The second-order valence-electron chi connectivity index (χ2n) is 6.31. The molecule has 0 aromatic carbocycles. The minimum absolute atomic E-state index is 0.0918. The Bertz CT molecular complexity index is 314. The average molecular weight is 280 g/mol. The Kier molecular flexibility index (Phi) is 5.44. The van der Waals surface area contributed by atoms with E-state index >= 15 is 0 Å². The fraction of sp³-hybridized carbons (Fsp3) is 0.875. The zero-order valence-corrected chi connectivity index (χ0v) is 12.8. The molecule has 2 N–H and O–H groups in total. The lowest BCUT2D eigenvalue weighted by atomic mass is 9.58. The summed E-state index contributed by atoms with van der Waals surface area (Å²) in [7, 11) is 0. The quantitative estimate of drug-likeness (QED) is 0.782. The summed E-state index contributed by atoms with van der Waals surface area (Å²) in [4.78, 5) is 24.9. The standard InChI is InChI=1S/C16H28N2O2/c1-3-9-17-15(19)13-11-5-7-12(8-6-11)14(13)16(20)18-10-4-2/h11-14H,3-10H2,1-2H3,(H,17,19)(H,18,20)/t11?,12?,13-,14-/m1/s1. The van der Waals surface area contributed by atoms with Gasteiger partial charge in [-0.25, -0.2) is 0 Å². The van der Waals surface area contributed by atoms with Gasteiger partial charge in [0, 0.05) is 13.1 Å². The minimum Gasteiger partial charge on any atom is -0.356 e. The monoisotopic (exact) mass is 280 g/mol. The Hall–Kier alpha value is -1.06. The van der Waals surface area contributed by atoms with Crippen molar-refractivity contribution in [1.82, 2.24) is 10.6 Å². The van der Waals surface area contributed by atoms with Crippen molar-refractivity contribution >= 4 is 11.8 Å². The summed E-state index contributed by atoms with van der Waals surface area (Å²) in [6.45, 7) is 5.55. The zero-order chi connectivity index (χ0) is 14.5. The van der Waals surface area contributed by atoms with Crippen LogP contribution < -0.4 is 10.6 Å². The van der Waals surface area contributed by atoms with Crippen LogP contribution in [0, 0.1) is 23.7 Å². The topological polar surface area (TPSA) is 58.2 Å². The van der Waals surface area contributed by atoms with Crippen molar-refractivity contribution in [3.63, 3.8) is 0 Å². The maximum Gasteiger partial charge on any atom is 0.224 e. The third-order valence-electron chi connectivity index (χ3n) is 4.92. The normalized spacial score (nSPS) is 31.9. The van der Waals surface area contributed by atoms with Crippen molar-refractivity contribution in [2.75, 3.05) is 13.1 Å². The fourth-order valence-corrected chi connectivity index (χ4v) is 3.94. The molecule has 2 amide bonds. The first-order valence-electron chi connectivity index (χ1n) is 8.24. The number of nitrogens with one attached hydrogen (secondary N) is 2. The van der Waals surface area contributed by atoms with Gasteiger partial charge in [-0.05, 0) is 50.4 Å². The molecule has 3 saturated carbocycles. The highest BCUT2D eigenvalue weighted by atomic mass is 16.2. The van der Waals surface area contributed by atoms with E-state index in [1.54, 1.807) is 0 Å². The number of rotatable bonds is 6. The molecule has 2 bridgehead atoms. The van der Waals surface area contributed by atoms with E-state index in [0.717, 1.165) is 51.6 Å². The van der Waals surface area contributed by atoms with Crippen molar-refractivity contribution in [2.45, 2.75) is 52.4 Å². The van der Waals surface area contributed by atoms with Crippen LogP contribution in [0.3, 0.4) is 0 Å². The van der Waals surface area contributed by atoms with E-state index in [9.17, 15) is 9.59 Å². The van der Waals surface area contributed by atoms with Crippen LogP contribution in [-0.4, -0.2) is 24.9 Å². The molecule has 2 atom stereocenters. The van der Waals surface area contributed by atoms with Crippen LogP contribution in [0.15, 0.2) is 0 Å². The average Bonchev–Trinajstić information content (AvgIpc) is 2.50. The molecule has 0 saturated heterocycles. The van der Waals surface area contributed by atoms with Crippen molar-refractivity contribution in [2.24, 2.45) is 23.7 Å². The second kappa shape index (κ2) is 7.09. The van der Waals surface area contributed by atoms with Gasteiger partial charge in [0.2, 0.25) is 11.8 Å². The molecule has 0 heterocycles. The molecule has 114 valence electrons. The van der Waals surface area contributed by atoms with E-state index in [-0.39, 0.29) is 23.7 Å². The van der Waals surface area contributed by atoms with Gasteiger partial charge >= 0.3 is 0 Å². The lowest BCUT2D eigenvalue weighted by molar-refractivity contribution is -0.145. The fourth-order valence-electron chi connectivity index (χ4n) is 3.94. The third kappa shape index (κ3) is 3.15. The summed E-state index contributed by atoms with van der Waals surface area (Å²) >= 11 is 0. The Balaban J connectivity index is 2.08. The molecule has 0 spiro atoms. The van der Waals surface area contributed by atoms with Gasteiger partial charge in [0.05, 0.1) is 11.8 Å². The van der Waals surface area contributed by atoms with Crippen molar-refractivity contribution in [3.8, 4) is 0 Å². The molecule has 20 heavy (non-hydrogen) atoms.